The molecule has 162 valence electrons. The number of phenols is 1. The first-order chi connectivity index (χ1) is 14.7. The standard InChI is InChI=1S/C23H32N4O3/c1-3-24-23(26-16-20-14-21(29-2)8-9-22(20)28)25-15-18-6-4-5-7-19(18)17-27-10-12-30-13-11-27/h4-9,14,28H,3,10-13,15-17H2,1-2H3,(H2,24,25,26). The molecule has 0 atom stereocenters. The maximum atomic E-state index is 10.1. The van der Waals surface area contributed by atoms with Crippen molar-refractivity contribution in [2.45, 2.75) is 26.6 Å². The van der Waals surface area contributed by atoms with Crippen LogP contribution in [0.25, 0.3) is 0 Å². The van der Waals surface area contributed by atoms with Crippen molar-refractivity contribution < 1.29 is 14.6 Å². The molecule has 1 fully saturated rings. The van der Waals surface area contributed by atoms with Crippen molar-refractivity contribution in [2.24, 2.45) is 4.99 Å². The van der Waals surface area contributed by atoms with Crippen molar-refractivity contribution >= 4 is 5.96 Å². The van der Waals surface area contributed by atoms with Crippen LogP contribution in [-0.4, -0.2) is 55.9 Å². The molecule has 3 N–H and O–H groups in total. The minimum atomic E-state index is 0.214. The predicted molar refractivity (Wildman–Crippen MR) is 119 cm³/mol. The van der Waals surface area contributed by atoms with Gasteiger partial charge in [-0.1, -0.05) is 24.3 Å². The normalized spacial score (nSPS) is 15.1. The van der Waals surface area contributed by atoms with Crippen molar-refractivity contribution in [3.8, 4) is 11.5 Å². The van der Waals surface area contributed by atoms with E-state index in [9.17, 15) is 5.11 Å². The number of nitrogens with zero attached hydrogens (tertiary/aromatic N) is 2. The molecule has 0 spiro atoms. The van der Waals surface area contributed by atoms with Crippen LogP contribution in [-0.2, 0) is 24.4 Å². The van der Waals surface area contributed by atoms with E-state index in [2.05, 4.69) is 44.8 Å². The Labute approximate surface area is 178 Å². The van der Waals surface area contributed by atoms with Crippen LogP contribution in [0.1, 0.15) is 23.6 Å². The Bertz CT molecular complexity index is 835. The summed E-state index contributed by atoms with van der Waals surface area (Å²) in [5.41, 5.74) is 3.28. The molecule has 1 aliphatic heterocycles. The molecule has 0 aromatic heterocycles. The molecule has 0 saturated carbocycles. The molecule has 0 unspecified atom stereocenters. The van der Waals surface area contributed by atoms with E-state index >= 15 is 0 Å². The van der Waals surface area contributed by atoms with Crippen LogP contribution >= 0.6 is 0 Å². The highest BCUT2D eigenvalue weighted by Gasteiger charge is 2.13. The second kappa shape index (κ2) is 11.4. The van der Waals surface area contributed by atoms with Crippen molar-refractivity contribution in [3.05, 3.63) is 59.2 Å². The van der Waals surface area contributed by atoms with Crippen molar-refractivity contribution in [1.29, 1.82) is 0 Å². The van der Waals surface area contributed by atoms with Crippen LogP contribution in [0.5, 0.6) is 11.5 Å². The molecule has 7 heteroatoms. The minimum Gasteiger partial charge on any atom is -0.508 e. The fourth-order valence-corrected chi connectivity index (χ4v) is 3.38. The Hall–Kier alpha value is -2.77. The van der Waals surface area contributed by atoms with Crippen LogP contribution in [0, 0.1) is 0 Å². The zero-order valence-corrected chi connectivity index (χ0v) is 17.9. The SMILES string of the molecule is CCNC(=NCc1cc(OC)ccc1O)NCc1ccccc1CN1CCOCC1. The number of guanidine groups is 1. The number of aliphatic imine (C=N–C) groups is 1. The largest absolute Gasteiger partial charge is 0.508 e. The minimum absolute atomic E-state index is 0.214. The maximum Gasteiger partial charge on any atom is 0.191 e. The fourth-order valence-electron chi connectivity index (χ4n) is 3.38. The lowest BCUT2D eigenvalue weighted by Crippen LogP contribution is -2.38. The van der Waals surface area contributed by atoms with E-state index < -0.39 is 0 Å². The third-order valence-corrected chi connectivity index (χ3v) is 5.10. The number of methoxy groups -OCH3 is 1. The summed E-state index contributed by atoms with van der Waals surface area (Å²) in [6, 6.07) is 13.7. The van der Waals surface area contributed by atoms with Crippen LogP contribution in [0.4, 0.5) is 0 Å². The number of hydrogen-bond donors (Lipinski definition) is 3. The van der Waals surface area contributed by atoms with E-state index in [-0.39, 0.29) is 5.75 Å². The number of rotatable bonds is 8. The van der Waals surface area contributed by atoms with Crippen LogP contribution in [0.3, 0.4) is 0 Å². The zero-order valence-electron chi connectivity index (χ0n) is 17.9. The number of ether oxygens (including phenoxy) is 2. The van der Waals surface area contributed by atoms with Crippen LogP contribution in [0.2, 0.25) is 0 Å². The first kappa shape index (κ1) is 21.9. The molecular formula is C23H32N4O3. The number of aromatic hydroxyl groups is 1. The number of phenolic OH excluding ortho intramolecular Hbond substituents is 1. The van der Waals surface area contributed by atoms with Gasteiger partial charge in [-0.2, -0.15) is 0 Å². The summed E-state index contributed by atoms with van der Waals surface area (Å²) in [5, 5.41) is 16.8. The van der Waals surface area contributed by atoms with Crippen molar-refractivity contribution in [2.75, 3.05) is 40.0 Å². The molecule has 30 heavy (non-hydrogen) atoms. The molecule has 1 heterocycles. The molecule has 1 aliphatic rings. The Morgan fingerprint density at radius 2 is 1.87 bits per heavy atom. The smallest absolute Gasteiger partial charge is 0.191 e. The highest BCUT2D eigenvalue weighted by Crippen LogP contribution is 2.23. The highest BCUT2D eigenvalue weighted by atomic mass is 16.5. The average Bonchev–Trinajstić information content (AvgIpc) is 2.78. The lowest BCUT2D eigenvalue weighted by atomic mass is 10.1. The predicted octanol–water partition coefficient (Wildman–Crippen LogP) is 2.49. The Morgan fingerprint density at radius 3 is 2.60 bits per heavy atom. The Balaban J connectivity index is 1.65. The lowest BCUT2D eigenvalue weighted by Gasteiger charge is -2.27. The summed E-state index contributed by atoms with van der Waals surface area (Å²) in [6.07, 6.45) is 0. The van der Waals surface area contributed by atoms with Gasteiger partial charge < -0.3 is 25.2 Å². The summed E-state index contributed by atoms with van der Waals surface area (Å²) in [4.78, 5) is 7.06. The molecule has 0 bridgehead atoms. The molecule has 3 rings (SSSR count). The zero-order chi connectivity index (χ0) is 21.2. The van der Waals surface area contributed by atoms with Gasteiger partial charge in [0.2, 0.25) is 0 Å². The summed E-state index contributed by atoms with van der Waals surface area (Å²) in [5.74, 6) is 1.63. The summed E-state index contributed by atoms with van der Waals surface area (Å²) >= 11 is 0. The van der Waals surface area contributed by atoms with Gasteiger partial charge in [-0.15, -0.1) is 0 Å². The molecule has 1 saturated heterocycles. The van der Waals surface area contributed by atoms with Gasteiger partial charge >= 0.3 is 0 Å². The van der Waals surface area contributed by atoms with E-state index in [1.807, 2.05) is 6.92 Å². The van der Waals surface area contributed by atoms with Gasteiger partial charge in [-0.3, -0.25) is 4.90 Å². The molecule has 0 amide bonds. The lowest BCUT2D eigenvalue weighted by molar-refractivity contribution is 0.0341. The molecule has 0 radical (unpaired) electrons. The summed E-state index contributed by atoms with van der Waals surface area (Å²) in [6.45, 7) is 8.28. The van der Waals surface area contributed by atoms with Crippen molar-refractivity contribution in [1.82, 2.24) is 15.5 Å². The van der Waals surface area contributed by atoms with Crippen LogP contribution < -0.4 is 15.4 Å². The van der Waals surface area contributed by atoms with E-state index in [1.54, 1.807) is 25.3 Å². The van der Waals surface area contributed by atoms with E-state index in [0.29, 0.717) is 24.8 Å². The average molecular weight is 413 g/mol. The van der Waals surface area contributed by atoms with Gasteiger partial charge in [-0.25, -0.2) is 4.99 Å². The number of nitrogens with one attached hydrogen (secondary N) is 2. The van der Waals surface area contributed by atoms with E-state index in [0.717, 1.165) is 45.0 Å². The van der Waals surface area contributed by atoms with Gasteiger partial charge in [-0.05, 0) is 36.2 Å². The highest BCUT2D eigenvalue weighted by molar-refractivity contribution is 5.79. The third kappa shape index (κ3) is 6.37. The van der Waals surface area contributed by atoms with Gasteiger partial charge in [0.05, 0.1) is 26.9 Å². The molecule has 2 aromatic rings. The number of morpholine rings is 1. The van der Waals surface area contributed by atoms with Gasteiger partial charge in [0, 0.05) is 38.3 Å². The van der Waals surface area contributed by atoms with Gasteiger partial charge in [0.25, 0.3) is 0 Å². The first-order valence-electron chi connectivity index (χ1n) is 10.4. The number of hydrogen-bond acceptors (Lipinski definition) is 5. The monoisotopic (exact) mass is 412 g/mol. The fraction of sp³-hybridized carbons (Fsp3) is 0.435. The quantitative estimate of drug-likeness (QED) is 0.457. The Morgan fingerprint density at radius 1 is 1.10 bits per heavy atom. The topological polar surface area (TPSA) is 78.4 Å². The third-order valence-electron chi connectivity index (χ3n) is 5.10. The van der Waals surface area contributed by atoms with Gasteiger partial charge in [0.15, 0.2) is 5.96 Å². The summed E-state index contributed by atoms with van der Waals surface area (Å²) < 4.78 is 10.7. The van der Waals surface area contributed by atoms with Crippen molar-refractivity contribution in [3.63, 3.8) is 0 Å². The van der Waals surface area contributed by atoms with Gasteiger partial charge in [0.1, 0.15) is 11.5 Å². The first-order valence-corrected chi connectivity index (χ1v) is 10.4. The maximum absolute atomic E-state index is 10.1. The second-order valence-electron chi connectivity index (χ2n) is 7.20. The summed E-state index contributed by atoms with van der Waals surface area (Å²) in [7, 11) is 1.61. The molecule has 0 aliphatic carbocycles. The molecular weight excluding hydrogens is 380 g/mol. The molecule has 7 nitrogen and oxygen atoms in total. The van der Waals surface area contributed by atoms with E-state index in [1.165, 1.54) is 11.1 Å². The molecule has 2 aromatic carbocycles. The number of benzene rings is 2. The van der Waals surface area contributed by atoms with E-state index in [4.69, 9.17) is 9.47 Å². The Kier molecular flexibility index (Phi) is 8.35. The second-order valence-corrected chi connectivity index (χ2v) is 7.20. The van der Waals surface area contributed by atoms with Crippen LogP contribution in [0.15, 0.2) is 47.5 Å².